The molecule has 148 valence electrons. The molecule has 0 atom stereocenters. The van der Waals surface area contributed by atoms with Crippen LogP contribution in [0.5, 0.6) is 11.5 Å². The summed E-state index contributed by atoms with van der Waals surface area (Å²) >= 11 is 0. The van der Waals surface area contributed by atoms with E-state index in [4.69, 9.17) is 0 Å². The molecule has 2 heterocycles. The minimum absolute atomic E-state index is 0. The first-order chi connectivity index (χ1) is 13.1. The molecule has 4 rings (SSSR count). The second-order valence-corrected chi connectivity index (χ2v) is 7.35. The molecule has 0 radical (unpaired) electrons. The van der Waals surface area contributed by atoms with Crippen LogP contribution in [0, 0.1) is 0 Å². The maximum absolute atomic E-state index is 10.4. The second kappa shape index (κ2) is 11.9. The second-order valence-electron chi connectivity index (χ2n) is 5.38. The van der Waals surface area contributed by atoms with Crippen molar-refractivity contribution in [3.8, 4) is 11.5 Å². The molecule has 0 spiro atoms. The van der Waals surface area contributed by atoms with Crippen molar-refractivity contribution in [1.29, 1.82) is 0 Å². The molecule has 14 heteroatoms. The van der Waals surface area contributed by atoms with Gasteiger partial charge in [-0.25, -0.2) is 16.8 Å². The predicted octanol–water partition coefficient (Wildman–Crippen LogP) is -3.98. The molecule has 10 nitrogen and oxygen atoms in total. The number of aromatic nitrogens is 2. The zero-order chi connectivity index (χ0) is 20.4. The van der Waals surface area contributed by atoms with Crippen molar-refractivity contribution in [3.05, 3.63) is 60.9 Å². The summed E-state index contributed by atoms with van der Waals surface area (Å²) < 4.78 is 70.6. The fourth-order valence-corrected chi connectivity index (χ4v) is 3.16. The Bertz CT molecular complexity index is 1230. The quantitative estimate of drug-likeness (QED) is 0.162. The summed E-state index contributed by atoms with van der Waals surface area (Å²) in [7, 11) is -9.42. The van der Waals surface area contributed by atoms with Crippen molar-refractivity contribution >= 4 is 42.6 Å². The van der Waals surface area contributed by atoms with Crippen LogP contribution in [0.4, 0.5) is 0 Å². The molecule has 0 saturated carbocycles. The summed E-state index contributed by atoms with van der Waals surface area (Å²) in [5.74, 6) is 0.0474. The SMILES string of the molecule is O=S(=O)([O-])Oc1c[nH]c2ccccc12.O=S(=O)([O-])Oc1c[nH]c2ccccc12.[K+].[K+]. The van der Waals surface area contributed by atoms with Crippen molar-refractivity contribution in [3.63, 3.8) is 0 Å². The van der Waals surface area contributed by atoms with Crippen LogP contribution in [0.15, 0.2) is 60.9 Å². The van der Waals surface area contributed by atoms with Crippen LogP contribution in [0.1, 0.15) is 0 Å². The summed E-state index contributed by atoms with van der Waals surface area (Å²) in [4.78, 5) is 5.56. The topological polar surface area (TPSA) is 164 Å². The first-order valence-electron chi connectivity index (χ1n) is 7.55. The average Bonchev–Trinajstić information content (AvgIpc) is 3.18. The fourth-order valence-electron chi connectivity index (χ4n) is 2.45. The van der Waals surface area contributed by atoms with Crippen LogP contribution >= 0.6 is 0 Å². The third-order valence-corrected chi connectivity index (χ3v) is 4.25. The van der Waals surface area contributed by atoms with Crippen molar-refractivity contribution in [2.75, 3.05) is 0 Å². The number of benzene rings is 2. The number of rotatable bonds is 4. The zero-order valence-electron chi connectivity index (χ0n) is 15.9. The molecule has 0 aliphatic carbocycles. The smallest absolute Gasteiger partial charge is 0.716 e. The molecular formula is C16H12K2N2O8S2. The maximum atomic E-state index is 10.4. The summed E-state index contributed by atoms with van der Waals surface area (Å²) in [5, 5.41) is 1.12. The van der Waals surface area contributed by atoms with Gasteiger partial charge in [-0.15, -0.1) is 0 Å². The summed E-state index contributed by atoms with van der Waals surface area (Å²) in [6.45, 7) is 0. The molecule has 30 heavy (non-hydrogen) atoms. The van der Waals surface area contributed by atoms with Gasteiger partial charge in [0.15, 0.2) is 11.5 Å². The average molecular weight is 503 g/mol. The molecule has 0 amide bonds. The molecule has 0 aliphatic rings. The summed E-state index contributed by atoms with van der Waals surface area (Å²) in [6.07, 6.45) is 2.67. The van der Waals surface area contributed by atoms with E-state index in [-0.39, 0.29) is 114 Å². The van der Waals surface area contributed by atoms with E-state index < -0.39 is 20.8 Å². The molecule has 2 aromatic carbocycles. The van der Waals surface area contributed by atoms with E-state index in [9.17, 15) is 25.9 Å². The van der Waals surface area contributed by atoms with Crippen molar-refractivity contribution < 1.29 is 137 Å². The van der Waals surface area contributed by atoms with Gasteiger partial charge >= 0.3 is 103 Å². The van der Waals surface area contributed by atoms with Gasteiger partial charge in [-0.1, -0.05) is 24.3 Å². The molecule has 4 aromatic rings. The molecule has 2 N–H and O–H groups in total. The van der Waals surface area contributed by atoms with Crippen LogP contribution in [0.25, 0.3) is 21.8 Å². The number of nitrogens with one attached hydrogen (secondary N) is 2. The monoisotopic (exact) mass is 502 g/mol. The Balaban J connectivity index is 0.000000281. The predicted molar refractivity (Wildman–Crippen MR) is 97.2 cm³/mol. The largest absolute Gasteiger partial charge is 1.00 e. The number of fused-ring (bicyclic) bond motifs is 2. The summed E-state index contributed by atoms with van der Waals surface area (Å²) in [5.41, 5.74) is 1.43. The van der Waals surface area contributed by atoms with Gasteiger partial charge in [0.05, 0.1) is 0 Å². The van der Waals surface area contributed by atoms with Gasteiger partial charge in [0, 0.05) is 34.2 Å². The Morgan fingerprint density at radius 2 is 0.967 bits per heavy atom. The maximum Gasteiger partial charge on any atom is 1.00 e. The Kier molecular flexibility index (Phi) is 11.2. The van der Waals surface area contributed by atoms with E-state index in [1.807, 2.05) is 0 Å². The van der Waals surface area contributed by atoms with Gasteiger partial charge in [0.25, 0.3) is 20.8 Å². The molecule has 0 fully saturated rings. The van der Waals surface area contributed by atoms with Gasteiger partial charge in [-0.05, 0) is 24.3 Å². The van der Waals surface area contributed by atoms with Crippen LogP contribution in [0.3, 0.4) is 0 Å². The normalized spacial score (nSPS) is 11.0. The van der Waals surface area contributed by atoms with Gasteiger partial charge in [-0.3, -0.25) is 0 Å². The number of para-hydroxylation sites is 2. The number of hydrogen-bond donors (Lipinski definition) is 2. The zero-order valence-corrected chi connectivity index (χ0v) is 23.7. The van der Waals surface area contributed by atoms with E-state index >= 15 is 0 Å². The third-order valence-electron chi connectivity index (χ3n) is 3.49. The molecule has 0 saturated heterocycles. The molecule has 0 aliphatic heterocycles. The van der Waals surface area contributed by atoms with E-state index in [1.165, 1.54) is 12.4 Å². The minimum atomic E-state index is -4.71. The van der Waals surface area contributed by atoms with E-state index in [1.54, 1.807) is 48.5 Å². The molecule has 0 unspecified atom stereocenters. The van der Waals surface area contributed by atoms with Crippen LogP contribution in [0.2, 0.25) is 0 Å². The Morgan fingerprint density at radius 1 is 0.633 bits per heavy atom. The third kappa shape index (κ3) is 8.29. The van der Waals surface area contributed by atoms with Crippen LogP contribution in [-0.4, -0.2) is 35.9 Å². The van der Waals surface area contributed by atoms with Crippen molar-refractivity contribution in [2.24, 2.45) is 0 Å². The van der Waals surface area contributed by atoms with Gasteiger partial charge in [0.2, 0.25) is 0 Å². The molecule has 2 aromatic heterocycles. The molecular weight excluding hydrogens is 491 g/mol. The van der Waals surface area contributed by atoms with Crippen LogP contribution < -0.4 is 111 Å². The van der Waals surface area contributed by atoms with Gasteiger partial charge < -0.3 is 27.4 Å². The Hall–Kier alpha value is 0.213. The Morgan fingerprint density at radius 3 is 1.30 bits per heavy atom. The van der Waals surface area contributed by atoms with Crippen molar-refractivity contribution in [1.82, 2.24) is 9.97 Å². The molecule has 0 bridgehead atoms. The van der Waals surface area contributed by atoms with E-state index in [0.717, 1.165) is 0 Å². The van der Waals surface area contributed by atoms with Gasteiger partial charge in [0.1, 0.15) is 0 Å². The first-order valence-corrected chi connectivity index (χ1v) is 10.2. The number of H-pyrrole nitrogens is 2. The van der Waals surface area contributed by atoms with E-state index in [0.29, 0.717) is 21.8 Å². The fraction of sp³-hybridized carbons (Fsp3) is 0. The Labute approximate surface area is 257 Å². The standard InChI is InChI=1S/2C8H7NO4S.2K/c2*10-14(11,12)13-8-5-9-7-4-2-1-3-6(7)8;;/h2*1-5,9H,(H,10,11,12);;/q;;2*+1/p-2. The number of aromatic amines is 2. The van der Waals surface area contributed by atoms with Crippen LogP contribution in [-0.2, 0) is 20.8 Å². The summed E-state index contributed by atoms with van der Waals surface area (Å²) in [6, 6.07) is 13.8. The first kappa shape index (κ1) is 28.2. The number of hydrogen-bond acceptors (Lipinski definition) is 8. The van der Waals surface area contributed by atoms with Gasteiger partial charge in [-0.2, -0.15) is 0 Å². The van der Waals surface area contributed by atoms with E-state index in [2.05, 4.69) is 18.3 Å². The van der Waals surface area contributed by atoms with Crippen molar-refractivity contribution in [2.45, 2.75) is 0 Å². The minimum Gasteiger partial charge on any atom is -0.716 e.